The maximum absolute atomic E-state index is 13.4. The highest BCUT2D eigenvalue weighted by Gasteiger charge is 2.65. The SMILES string of the molecule is COC(=O)CSCC1=C(C)C(SCC(=O)OC)=C2C(=O)[C@](C)(O)C3(CC3)C(C)=C12. The summed E-state index contributed by atoms with van der Waals surface area (Å²) >= 11 is 2.70. The molecule has 1 saturated carbocycles. The number of carbonyl (C=O) groups is 3. The summed E-state index contributed by atoms with van der Waals surface area (Å²) < 4.78 is 9.46. The third-order valence-corrected chi connectivity index (χ3v) is 8.38. The van der Waals surface area contributed by atoms with Crippen molar-refractivity contribution >= 4 is 41.2 Å². The molecule has 158 valence electrons. The van der Waals surface area contributed by atoms with Crippen molar-refractivity contribution in [1.82, 2.24) is 0 Å². The summed E-state index contributed by atoms with van der Waals surface area (Å²) in [5.74, 6) is -0.106. The van der Waals surface area contributed by atoms with Crippen molar-refractivity contribution in [2.45, 2.75) is 39.2 Å². The first-order valence-corrected chi connectivity index (χ1v) is 11.5. The monoisotopic (exact) mass is 438 g/mol. The molecule has 0 aromatic carbocycles. The molecule has 3 aliphatic rings. The molecule has 0 heterocycles. The minimum atomic E-state index is -1.46. The van der Waals surface area contributed by atoms with Crippen molar-refractivity contribution in [3.8, 4) is 0 Å². The van der Waals surface area contributed by atoms with E-state index in [1.807, 2.05) is 13.8 Å². The zero-order chi connectivity index (χ0) is 21.6. The lowest BCUT2D eigenvalue weighted by Crippen LogP contribution is -2.49. The van der Waals surface area contributed by atoms with Gasteiger partial charge in [-0.25, -0.2) is 0 Å². The number of rotatable bonds is 7. The Hall–Kier alpha value is -1.51. The fourth-order valence-corrected chi connectivity index (χ4v) is 6.32. The normalized spacial score (nSPS) is 25.0. The predicted molar refractivity (Wildman–Crippen MR) is 114 cm³/mol. The van der Waals surface area contributed by atoms with Crippen molar-refractivity contribution in [2.75, 3.05) is 31.5 Å². The number of Topliss-reactive ketones (excluding diaryl/α,β-unsaturated/α-hetero) is 1. The number of carbonyl (C=O) groups excluding carboxylic acids is 3. The van der Waals surface area contributed by atoms with Gasteiger partial charge in [-0.3, -0.25) is 14.4 Å². The molecular weight excluding hydrogens is 412 g/mol. The van der Waals surface area contributed by atoms with Gasteiger partial charge in [0.25, 0.3) is 0 Å². The van der Waals surface area contributed by atoms with E-state index < -0.39 is 11.0 Å². The van der Waals surface area contributed by atoms with Gasteiger partial charge in [-0.2, -0.15) is 0 Å². The van der Waals surface area contributed by atoms with Crippen molar-refractivity contribution in [2.24, 2.45) is 5.41 Å². The van der Waals surface area contributed by atoms with E-state index in [1.165, 1.54) is 37.7 Å². The third-order valence-electron chi connectivity index (χ3n) is 6.27. The molecule has 8 heteroatoms. The van der Waals surface area contributed by atoms with Crippen LogP contribution in [0.15, 0.2) is 32.8 Å². The van der Waals surface area contributed by atoms with E-state index in [9.17, 15) is 19.5 Å². The zero-order valence-corrected chi connectivity index (χ0v) is 19.0. The van der Waals surface area contributed by atoms with Crippen LogP contribution < -0.4 is 0 Å². The minimum absolute atomic E-state index is 0.0855. The van der Waals surface area contributed by atoms with E-state index in [1.54, 1.807) is 6.92 Å². The number of methoxy groups -OCH3 is 2. The highest BCUT2D eigenvalue weighted by molar-refractivity contribution is 8.04. The third kappa shape index (κ3) is 3.49. The number of thioether (sulfide) groups is 2. The number of allylic oxidation sites excluding steroid dienone is 2. The Labute approximate surface area is 179 Å². The molecule has 0 aromatic heterocycles. The second-order valence-corrected chi connectivity index (χ2v) is 9.70. The standard InChI is InChI=1S/C21H26O6S2/c1-11-13(8-28-9-14(22)26-4)16-12(2)21(6-7-21)20(3,25)19(24)17(16)18(11)29-10-15(23)27-5/h25H,6-10H2,1-5H3/t20-/m0/s1. The van der Waals surface area contributed by atoms with E-state index in [2.05, 4.69) is 0 Å². The van der Waals surface area contributed by atoms with Crippen LogP contribution in [0.2, 0.25) is 0 Å². The Kier molecular flexibility index (Phi) is 6.09. The van der Waals surface area contributed by atoms with Crippen LogP contribution in [0.3, 0.4) is 0 Å². The van der Waals surface area contributed by atoms with Crippen LogP contribution in [0.25, 0.3) is 0 Å². The number of aliphatic hydroxyl groups is 1. The minimum Gasteiger partial charge on any atom is -0.468 e. The summed E-state index contributed by atoms with van der Waals surface area (Å²) in [5.41, 5.74) is 2.37. The highest BCUT2D eigenvalue weighted by atomic mass is 32.2. The van der Waals surface area contributed by atoms with Gasteiger partial charge in [0, 0.05) is 21.6 Å². The first-order chi connectivity index (χ1) is 13.6. The molecule has 0 radical (unpaired) electrons. The zero-order valence-electron chi connectivity index (χ0n) is 17.3. The molecule has 0 unspecified atom stereocenters. The number of ether oxygens (including phenoxy) is 2. The highest BCUT2D eigenvalue weighted by Crippen LogP contribution is 2.66. The molecule has 3 rings (SSSR count). The van der Waals surface area contributed by atoms with Gasteiger partial charge in [-0.05, 0) is 50.3 Å². The number of ketones is 1. The van der Waals surface area contributed by atoms with Crippen LogP contribution in [0.5, 0.6) is 0 Å². The molecule has 1 N–H and O–H groups in total. The Morgan fingerprint density at radius 1 is 1.07 bits per heavy atom. The first kappa shape index (κ1) is 22.2. The van der Waals surface area contributed by atoms with Crippen LogP contribution >= 0.6 is 23.5 Å². The molecule has 0 amide bonds. The molecular formula is C21H26O6S2. The van der Waals surface area contributed by atoms with E-state index in [-0.39, 0.29) is 29.2 Å². The average molecular weight is 439 g/mol. The van der Waals surface area contributed by atoms with Gasteiger partial charge in [0.2, 0.25) is 0 Å². The second kappa shape index (κ2) is 7.96. The summed E-state index contributed by atoms with van der Waals surface area (Å²) in [6, 6.07) is 0. The first-order valence-electron chi connectivity index (χ1n) is 9.40. The maximum atomic E-state index is 13.4. The fraction of sp³-hybridized carbons (Fsp3) is 0.571. The molecule has 0 bridgehead atoms. The lowest BCUT2D eigenvalue weighted by Gasteiger charge is -2.39. The van der Waals surface area contributed by atoms with Crippen LogP contribution in [0, 0.1) is 5.41 Å². The lowest BCUT2D eigenvalue weighted by atomic mass is 9.67. The summed E-state index contributed by atoms with van der Waals surface area (Å²) in [5, 5.41) is 11.1. The van der Waals surface area contributed by atoms with E-state index in [4.69, 9.17) is 9.47 Å². The van der Waals surface area contributed by atoms with Gasteiger partial charge in [-0.15, -0.1) is 23.5 Å². The largest absolute Gasteiger partial charge is 0.468 e. The van der Waals surface area contributed by atoms with Crippen LogP contribution in [0.4, 0.5) is 0 Å². The van der Waals surface area contributed by atoms with Gasteiger partial charge >= 0.3 is 11.9 Å². The van der Waals surface area contributed by atoms with Crippen molar-refractivity contribution < 1.29 is 29.0 Å². The number of fused-ring (bicyclic) bond motifs is 1. The number of hydrogen-bond donors (Lipinski definition) is 1. The predicted octanol–water partition coefficient (Wildman–Crippen LogP) is 2.81. The topological polar surface area (TPSA) is 89.9 Å². The van der Waals surface area contributed by atoms with Crippen LogP contribution in [-0.4, -0.2) is 59.9 Å². The second-order valence-electron chi connectivity index (χ2n) is 7.72. The van der Waals surface area contributed by atoms with Crippen molar-refractivity contribution in [3.63, 3.8) is 0 Å². The number of esters is 2. The fourth-order valence-electron chi connectivity index (χ4n) is 4.31. The van der Waals surface area contributed by atoms with E-state index in [0.29, 0.717) is 11.3 Å². The molecule has 1 atom stereocenters. The molecule has 1 spiro atoms. The summed E-state index contributed by atoms with van der Waals surface area (Å²) in [7, 11) is 2.69. The maximum Gasteiger partial charge on any atom is 0.315 e. The summed E-state index contributed by atoms with van der Waals surface area (Å²) in [6.45, 7) is 5.54. The van der Waals surface area contributed by atoms with Crippen molar-refractivity contribution in [3.05, 3.63) is 32.8 Å². The molecule has 0 saturated heterocycles. The van der Waals surface area contributed by atoms with Crippen LogP contribution in [-0.2, 0) is 23.9 Å². The van der Waals surface area contributed by atoms with Gasteiger partial charge in [-0.1, -0.05) is 5.57 Å². The quantitative estimate of drug-likeness (QED) is 0.607. The Bertz CT molecular complexity index is 874. The van der Waals surface area contributed by atoms with Gasteiger partial charge < -0.3 is 14.6 Å². The molecule has 6 nitrogen and oxygen atoms in total. The Morgan fingerprint density at radius 2 is 1.66 bits per heavy atom. The van der Waals surface area contributed by atoms with Gasteiger partial charge in [0.1, 0.15) is 5.60 Å². The summed E-state index contributed by atoms with van der Waals surface area (Å²) in [4.78, 5) is 37.3. The molecule has 3 aliphatic carbocycles. The molecule has 1 fully saturated rings. The lowest BCUT2D eigenvalue weighted by molar-refractivity contribution is -0.138. The number of hydrogen-bond acceptors (Lipinski definition) is 8. The molecule has 0 aromatic rings. The van der Waals surface area contributed by atoms with E-state index >= 15 is 0 Å². The average Bonchev–Trinajstić information content (AvgIpc) is 3.46. The van der Waals surface area contributed by atoms with Gasteiger partial charge in [0.05, 0.1) is 25.7 Å². The Morgan fingerprint density at radius 3 is 2.21 bits per heavy atom. The smallest absolute Gasteiger partial charge is 0.315 e. The summed E-state index contributed by atoms with van der Waals surface area (Å²) in [6.07, 6.45) is 1.56. The van der Waals surface area contributed by atoms with Crippen molar-refractivity contribution in [1.29, 1.82) is 0 Å². The molecule has 29 heavy (non-hydrogen) atoms. The molecule has 0 aliphatic heterocycles. The van der Waals surface area contributed by atoms with E-state index in [0.717, 1.165) is 40.0 Å². The Balaban J connectivity index is 2.04. The van der Waals surface area contributed by atoms with Gasteiger partial charge in [0.15, 0.2) is 5.78 Å². The van der Waals surface area contributed by atoms with Crippen LogP contribution in [0.1, 0.15) is 33.6 Å².